The highest BCUT2D eigenvalue weighted by molar-refractivity contribution is 5.27. The molecule has 0 radical (unpaired) electrons. The van der Waals surface area contributed by atoms with Crippen molar-refractivity contribution >= 4 is 0 Å². The van der Waals surface area contributed by atoms with E-state index >= 15 is 0 Å². The molecule has 0 saturated carbocycles. The van der Waals surface area contributed by atoms with E-state index in [1.165, 1.54) is 17.6 Å². The number of hydrogen-bond acceptors (Lipinski definition) is 1. The van der Waals surface area contributed by atoms with Crippen molar-refractivity contribution < 1.29 is 4.74 Å². The van der Waals surface area contributed by atoms with Gasteiger partial charge in [-0.3, -0.25) is 0 Å². The molecule has 1 aliphatic rings. The standard InChI is InChI=1S/C12H20O/c1-4-7-12-11(6-3)8-10(5-2)9-13-12/h8-9,12H,4-7H2,1-3H3. The molecule has 1 aliphatic heterocycles. The molecule has 0 bridgehead atoms. The molecule has 0 fully saturated rings. The van der Waals surface area contributed by atoms with E-state index in [9.17, 15) is 0 Å². The van der Waals surface area contributed by atoms with Crippen molar-refractivity contribution in [1.82, 2.24) is 0 Å². The predicted octanol–water partition coefficient (Wildman–Crippen LogP) is 3.82. The fraction of sp³-hybridized carbons (Fsp3) is 0.667. The van der Waals surface area contributed by atoms with Gasteiger partial charge in [-0.25, -0.2) is 0 Å². The average Bonchev–Trinajstić information content (AvgIpc) is 2.19. The normalized spacial score (nSPS) is 21.9. The van der Waals surface area contributed by atoms with Crippen LogP contribution >= 0.6 is 0 Å². The third-order valence-corrected chi connectivity index (χ3v) is 2.54. The van der Waals surface area contributed by atoms with E-state index in [2.05, 4.69) is 26.8 Å². The van der Waals surface area contributed by atoms with Crippen LogP contribution in [-0.2, 0) is 4.74 Å². The summed E-state index contributed by atoms with van der Waals surface area (Å²) in [7, 11) is 0. The van der Waals surface area contributed by atoms with Crippen LogP contribution in [-0.4, -0.2) is 6.10 Å². The Morgan fingerprint density at radius 2 is 2.00 bits per heavy atom. The molecular formula is C12H20O. The van der Waals surface area contributed by atoms with Crippen LogP contribution in [0.2, 0.25) is 0 Å². The van der Waals surface area contributed by atoms with Crippen molar-refractivity contribution in [3.05, 3.63) is 23.5 Å². The SMILES string of the molecule is CCCC1OC=C(CC)C=C1CC. The predicted molar refractivity (Wildman–Crippen MR) is 56.5 cm³/mol. The highest BCUT2D eigenvalue weighted by Gasteiger charge is 2.15. The monoisotopic (exact) mass is 180 g/mol. The molecule has 0 spiro atoms. The first kappa shape index (κ1) is 10.4. The summed E-state index contributed by atoms with van der Waals surface area (Å²) < 4.78 is 5.70. The largest absolute Gasteiger partial charge is 0.493 e. The minimum absolute atomic E-state index is 0.352. The third kappa shape index (κ3) is 2.61. The Kier molecular flexibility index (Phi) is 4.07. The molecule has 1 unspecified atom stereocenters. The molecule has 74 valence electrons. The van der Waals surface area contributed by atoms with Gasteiger partial charge >= 0.3 is 0 Å². The highest BCUT2D eigenvalue weighted by atomic mass is 16.5. The van der Waals surface area contributed by atoms with E-state index in [4.69, 9.17) is 4.74 Å². The van der Waals surface area contributed by atoms with Crippen LogP contribution < -0.4 is 0 Å². The van der Waals surface area contributed by atoms with Crippen molar-refractivity contribution in [2.24, 2.45) is 0 Å². The summed E-state index contributed by atoms with van der Waals surface area (Å²) >= 11 is 0. The molecule has 1 rings (SSSR count). The zero-order valence-corrected chi connectivity index (χ0v) is 8.97. The third-order valence-electron chi connectivity index (χ3n) is 2.54. The fourth-order valence-corrected chi connectivity index (χ4v) is 1.65. The summed E-state index contributed by atoms with van der Waals surface area (Å²) in [6.45, 7) is 6.57. The van der Waals surface area contributed by atoms with Gasteiger partial charge in [0.05, 0.1) is 6.26 Å². The van der Waals surface area contributed by atoms with Gasteiger partial charge < -0.3 is 4.74 Å². The van der Waals surface area contributed by atoms with Crippen LogP contribution in [0, 0.1) is 0 Å². The smallest absolute Gasteiger partial charge is 0.119 e. The lowest BCUT2D eigenvalue weighted by Crippen LogP contribution is -2.16. The zero-order valence-electron chi connectivity index (χ0n) is 8.97. The van der Waals surface area contributed by atoms with E-state index in [0.717, 1.165) is 19.3 Å². The Morgan fingerprint density at radius 1 is 1.23 bits per heavy atom. The lowest BCUT2D eigenvalue weighted by atomic mass is 9.98. The van der Waals surface area contributed by atoms with Gasteiger partial charge in [0.15, 0.2) is 0 Å². The first-order valence-electron chi connectivity index (χ1n) is 5.36. The first-order chi connectivity index (χ1) is 6.31. The van der Waals surface area contributed by atoms with Crippen molar-refractivity contribution in [2.75, 3.05) is 0 Å². The van der Waals surface area contributed by atoms with Crippen molar-refractivity contribution in [3.8, 4) is 0 Å². The summed E-state index contributed by atoms with van der Waals surface area (Å²) in [5, 5.41) is 0. The first-order valence-corrected chi connectivity index (χ1v) is 5.36. The van der Waals surface area contributed by atoms with Crippen molar-refractivity contribution in [2.45, 2.75) is 52.6 Å². The van der Waals surface area contributed by atoms with Gasteiger partial charge in [-0.2, -0.15) is 0 Å². The highest BCUT2D eigenvalue weighted by Crippen LogP contribution is 2.24. The molecule has 0 aliphatic carbocycles. The Labute approximate surface area is 81.5 Å². The summed E-state index contributed by atoms with van der Waals surface area (Å²) in [5.74, 6) is 0. The van der Waals surface area contributed by atoms with Crippen LogP contribution in [0.15, 0.2) is 23.5 Å². The molecule has 0 N–H and O–H groups in total. The van der Waals surface area contributed by atoms with E-state index in [0.29, 0.717) is 6.10 Å². The van der Waals surface area contributed by atoms with Gasteiger partial charge in [-0.1, -0.05) is 33.3 Å². The maximum Gasteiger partial charge on any atom is 0.119 e. The molecule has 1 heterocycles. The van der Waals surface area contributed by atoms with Gasteiger partial charge in [-0.15, -0.1) is 0 Å². The Morgan fingerprint density at radius 3 is 2.54 bits per heavy atom. The van der Waals surface area contributed by atoms with Gasteiger partial charge in [-0.05, 0) is 30.4 Å². The molecule has 0 aromatic rings. The Bertz CT molecular complexity index is 213. The molecule has 0 saturated heterocycles. The average molecular weight is 180 g/mol. The Balaban J connectivity index is 2.65. The van der Waals surface area contributed by atoms with E-state index in [1.807, 2.05) is 6.26 Å². The van der Waals surface area contributed by atoms with E-state index < -0.39 is 0 Å². The summed E-state index contributed by atoms with van der Waals surface area (Å²) in [4.78, 5) is 0. The molecule has 1 nitrogen and oxygen atoms in total. The number of allylic oxidation sites excluding steroid dienone is 2. The van der Waals surface area contributed by atoms with Gasteiger partial charge in [0.2, 0.25) is 0 Å². The van der Waals surface area contributed by atoms with Crippen molar-refractivity contribution in [3.63, 3.8) is 0 Å². The van der Waals surface area contributed by atoms with Crippen LogP contribution in [0.3, 0.4) is 0 Å². The van der Waals surface area contributed by atoms with Crippen LogP contribution in [0.5, 0.6) is 0 Å². The molecule has 0 amide bonds. The molecule has 1 heteroatoms. The minimum atomic E-state index is 0.352. The molecule has 13 heavy (non-hydrogen) atoms. The van der Waals surface area contributed by atoms with Gasteiger partial charge in [0.1, 0.15) is 6.10 Å². The second-order valence-electron chi connectivity index (χ2n) is 3.53. The summed E-state index contributed by atoms with van der Waals surface area (Å²) in [6.07, 6.45) is 9.11. The van der Waals surface area contributed by atoms with Crippen molar-refractivity contribution in [1.29, 1.82) is 0 Å². The lowest BCUT2D eigenvalue weighted by molar-refractivity contribution is 0.156. The molecule has 1 atom stereocenters. The van der Waals surface area contributed by atoms with Crippen LogP contribution in [0.25, 0.3) is 0 Å². The molecular weight excluding hydrogens is 160 g/mol. The topological polar surface area (TPSA) is 9.23 Å². The van der Waals surface area contributed by atoms with Gasteiger partial charge in [0.25, 0.3) is 0 Å². The Hall–Kier alpha value is -0.720. The van der Waals surface area contributed by atoms with E-state index in [1.54, 1.807) is 0 Å². The summed E-state index contributed by atoms with van der Waals surface area (Å²) in [5.41, 5.74) is 2.78. The number of rotatable bonds is 4. The molecule has 0 aromatic heterocycles. The number of hydrogen-bond donors (Lipinski definition) is 0. The van der Waals surface area contributed by atoms with Gasteiger partial charge in [0, 0.05) is 0 Å². The number of ether oxygens (including phenoxy) is 1. The lowest BCUT2D eigenvalue weighted by Gasteiger charge is -2.23. The second kappa shape index (κ2) is 5.11. The maximum absolute atomic E-state index is 5.70. The quantitative estimate of drug-likeness (QED) is 0.639. The van der Waals surface area contributed by atoms with E-state index in [-0.39, 0.29) is 0 Å². The minimum Gasteiger partial charge on any atom is -0.493 e. The van der Waals surface area contributed by atoms with Crippen LogP contribution in [0.1, 0.15) is 46.5 Å². The molecule has 0 aromatic carbocycles. The summed E-state index contributed by atoms with van der Waals surface area (Å²) in [6, 6.07) is 0. The van der Waals surface area contributed by atoms with Crippen LogP contribution in [0.4, 0.5) is 0 Å². The zero-order chi connectivity index (χ0) is 9.68. The fourth-order valence-electron chi connectivity index (χ4n) is 1.65. The second-order valence-corrected chi connectivity index (χ2v) is 3.53. The maximum atomic E-state index is 5.70.